The molecule has 0 aliphatic heterocycles. The van der Waals surface area contributed by atoms with E-state index in [9.17, 15) is 4.79 Å². The van der Waals surface area contributed by atoms with Crippen molar-refractivity contribution in [3.63, 3.8) is 0 Å². The third kappa shape index (κ3) is 3.00. The zero-order valence-corrected chi connectivity index (χ0v) is 11.3. The van der Waals surface area contributed by atoms with Crippen molar-refractivity contribution in [2.75, 3.05) is 12.4 Å². The lowest BCUT2D eigenvalue weighted by Crippen LogP contribution is -2.17. The van der Waals surface area contributed by atoms with E-state index >= 15 is 0 Å². The molecule has 0 radical (unpaired) electrons. The number of nitrogens with zero attached hydrogens (tertiary/aromatic N) is 1. The van der Waals surface area contributed by atoms with E-state index in [4.69, 9.17) is 4.74 Å². The van der Waals surface area contributed by atoms with Gasteiger partial charge in [-0.05, 0) is 25.5 Å². The van der Waals surface area contributed by atoms with Crippen LogP contribution in [0.1, 0.15) is 16.8 Å². The first-order valence-electron chi connectivity index (χ1n) is 6.03. The van der Waals surface area contributed by atoms with Crippen molar-refractivity contribution in [1.82, 2.24) is 9.97 Å². The summed E-state index contributed by atoms with van der Waals surface area (Å²) in [5, 5.41) is 3.12. The van der Waals surface area contributed by atoms with Gasteiger partial charge in [0.05, 0.1) is 12.3 Å². The highest BCUT2D eigenvalue weighted by atomic mass is 16.5. The van der Waals surface area contributed by atoms with Crippen molar-refractivity contribution in [2.45, 2.75) is 20.5 Å². The van der Waals surface area contributed by atoms with Crippen LogP contribution >= 0.6 is 0 Å². The van der Waals surface area contributed by atoms with Crippen LogP contribution < -0.4 is 10.9 Å². The highest BCUT2D eigenvalue weighted by Gasteiger charge is 2.08. The summed E-state index contributed by atoms with van der Waals surface area (Å²) < 4.78 is 5.05. The standard InChI is InChI=1S/C14H17N3O2/c1-9-6-4-5-7-11(9)15-14-16-12(8-19-3)10(2)13(18)17-14/h4-7H,8H2,1-3H3,(H2,15,16,17,18). The van der Waals surface area contributed by atoms with E-state index in [1.807, 2.05) is 31.2 Å². The second-order valence-electron chi connectivity index (χ2n) is 4.36. The van der Waals surface area contributed by atoms with E-state index in [0.717, 1.165) is 11.3 Å². The molecule has 0 unspecified atom stereocenters. The molecule has 0 saturated carbocycles. The van der Waals surface area contributed by atoms with E-state index < -0.39 is 0 Å². The average Bonchev–Trinajstić information content (AvgIpc) is 2.38. The predicted octanol–water partition coefficient (Wildman–Crippen LogP) is 2.28. The van der Waals surface area contributed by atoms with E-state index in [0.29, 0.717) is 23.8 Å². The zero-order valence-electron chi connectivity index (χ0n) is 11.3. The van der Waals surface area contributed by atoms with Crippen LogP contribution in [-0.2, 0) is 11.3 Å². The molecule has 1 aromatic carbocycles. The lowest BCUT2D eigenvalue weighted by atomic mass is 10.2. The Kier molecular flexibility index (Phi) is 3.97. The summed E-state index contributed by atoms with van der Waals surface area (Å²) in [5.74, 6) is 0.428. The number of para-hydroxylation sites is 1. The molecule has 2 aromatic rings. The Morgan fingerprint density at radius 2 is 2.05 bits per heavy atom. The maximum absolute atomic E-state index is 11.8. The Morgan fingerprint density at radius 3 is 2.74 bits per heavy atom. The predicted molar refractivity (Wildman–Crippen MR) is 74.8 cm³/mol. The number of H-pyrrole nitrogens is 1. The SMILES string of the molecule is COCc1nc(Nc2ccccc2C)[nH]c(=O)c1C. The Bertz CT molecular complexity index is 635. The number of nitrogens with one attached hydrogen (secondary N) is 2. The number of aromatic amines is 1. The second kappa shape index (κ2) is 5.67. The topological polar surface area (TPSA) is 67.0 Å². The van der Waals surface area contributed by atoms with Crippen LogP contribution in [0.15, 0.2) is 29.1 Å². The first-order valence-corrected chi connectivity index (χ1v) is 6.03. The number of hydrogen-bond acceptors (Lipinski definition) is 4. The quantitative estimate of drug-likeness (QED) is 0.884. The summed E-state index contributed by atoms with van der Waals surface area (Å²) in [5.41, 5.74) is 3.06. The maximum atomic E-state index is 11.8. The molecule has 2 N–H and O–H groups in total. The number of aromatic nitrogens is 2. The summed E-state index contributed by atoms with van der Waals surface area (Å²) >= 11 is 0. The van der Waals surface area contributed by atoms with Gasteiger partial charge in [-0.2, -0.15) is 0 Å². The maximum Gasteiger partial charge on any atom is 0.255 e. The molecule has 5 heteroatoms. The van der Waals surface area contributed by atoms with E-state index in [2.05, 4.69) is 15.3 Å². The first kappa shape index (κ1) is 13.3. The van der Waals surface area contributed by atoms with Crippen LogP contribution in [0.25, 0.3) is 0 Å². The van der Waals surface area contributed by atoms with E-state index in [1.165, 1.54) is 0 Å². The van der Waals surface area contributed by atoms with Gasteiger partial charge in [0.15, 0.2) is 0 Å². The molecule has 0 saturated heterocycles. The Labute approximate surface area is 111 Å². The van der Waals surface area contributed by atoms with Gasteiger partial charge in [0.2, 0.25) is 5.95 Å². The monoisotopic (exact) mass is 259 g/mol. The van der Waals surface area contributed by atoms with Gasteiger partial charge < -0.3 is 10.1 Å². The minimum Gasteiger partial charge on any atom is -0.378 e. The largest absolute Gasteiger partial charge is 0.378 e. The van der Waals surface area contributed by atoms with Crippen LogP contribution in [0.2, 0.25) is 0 Å². The van der Waals surface area contributed by atoms with Gasteiger partial charge >= 0.3 is 0 Å². The second-order valence-corrected chi connectivity index (χ2v) is 4.36. The number of ether oxygens (including phenoxy) is 1. The molecule has 0 atom stereocenters. The van der Waals surface area contributed by atoms with Crippen molar-refractivity contribution in [2.24, 2.45) is 0 Å². The molecule has 0 bridgehead atoms. The van der Waals surface area contributed by atoms with Gasteiger partial charge in [-0.15, -0.1) is 0 Å². The fourth-order valence-corrected chi connectivity index (χ4v) is 1.76. The number of hydrogen-bond donors (Lipinski definition) is 2. The smallest absolute Gasteiger partial charge is 0.255 e. The molecule has 0 aliphatic carbocycles. The zero-order chi connectivity index (χ0) is 13.8. The fourth-order valence-electron chi connectivity index (χ4n) is 1.76. The van der Waals surface area contributed by atoms with Crippen molar-refractivity contribution < 1.29 is 4.74 Å². The van der Waals surface area contributed by atoms with Crippen LogP contribution in [0.4, 0.5) is 11.6 Å². The summed E-state index contributed by atoms with van der Waals surface area (Å²) in [7, 11) is 1.58. The van der Waals surface area contributed by atoms with Crippen LogP contribution in [0, 0.1) is 13.8 Å². The molecule has 1 aromatic heterocycles. The number of aryl methyl sites for hydroxylation is 1. The Hall–Kier alpha value is -2.14. The highest BCUT2D eigenvalue weighted by Crippen LogP contribution is 2.17. The number of methoxy groups -OCH3 is 1. The molecule has 2 rings (SSSR count). The molecule has 19 heavy (non-hydrogen) atoms. The Balaban J connectivity index is 2.36. The molecular weight excluding hydrogens is 242 g/mol. The van der Waals surface area contributed by atoms with Crippen molar-refractivity contribution in [1.29, 1.82) is 0 Å². The Morgan fingerprint density at radius 1 is 1.32 bits per heavy atom. The first-order chi connectivity index (χ1) is 9.11. The minimum atomic E-state index is -0.155. The minimum absolute atomic E-state index is 0.155. The molecule has 0 fully saturated rings. The summed E-state index contributed by atoms with van der Waals surface area (Å²) in [6.07, 6.45) is 0. The van der Waals surface area contributed by atoms with Crippen molar-refractivity contribution >= 4 is 11.6 Å². The van der Waals surface area contributed by atoms with Crippen molar-refractivity contribution in [3.05, 3.63) is 51.4 Å². The molecule has 100 valence electrons. The van der Waals surface area contributed by atoms with Crippen LogP contribution in [0.3, 0.4) is 0 Å². The summed E-state index contributed by atoms with van der Waals surface area (Å²) in [6, 6.07) is 7.82. The van der Waals surface area contributed by atoms with Gasteiger partial charge in [-0.25, -0.2) is 4.98 Å². The summed E-state index contributed by atoms with van der Waals surface area (Å²) in [6.45, 7) is 4.04. The van der Waals surface area contributed by atoms with Crippen LogP contribution in [0.5, 0.6) is 0 Å². The lowest BCUT2D eigenvalue weighted by molar-refractivity contribution is 0.181. The third-order valence-corrected chi connectivity index (χ3v) is 2.93. The molecule has 0 spiro atoms. The van der Waals surface area contributed by atoms with Gasteiger partial charge in [-0.1, -0.05) is 18.2 Å². The fraction of sp³-hybridized carbons (Fsp3) is 0.286. The van der Waals surface area contributed by atoms with E-state index in [-0.39, 0.29) is 5.56 Å². The third-order valence-electron chi connectivity index (χ3n) is 2.93. The van der Waals surface area contributed by atoms with Crippen LogP contribution in [-0.4, -0.2) is 17.1 Å². The summed E-state index contributed by atoms with van der Waals surface area (Å²) in [4.78, 5) is 18.9. The number of benzene rings is 1. The van der Waals surface area contributed by atoms with Gasteiger partial charge in [0.25, 0.3) is 5.56 Å². The van der Waals surface area contributed by atoms with Gasteiger partial charge in [0, 0.05) is 18.4 Å². The lowest BCUT2D eigenvalue weighted by Gasteiger charge is -2.10. The molecular formula is C14H17N3O2. The highest BCUT2D eigenvalue weighted by molar-refractivity contribution is 5.57. The molecule has 0 amide bonds. The average molecular weight is 259 g/mol. The van der Waals surface area contributed by atoms with E-state index in [1.54, 1.807) is 14.0 Å². The van der Waals surface area contributed by atoms with Gasteiger partial charge in [-0.3, -0.25) is 9.78 Å². The molecule has 0 aliphatic rings. The number of rotatable bonds is 4. The molecule has 1 heterocycles. The number of anilines is 2. The van der Waals surface area contributed by atoms with Gasteiger partial charge in [0.1, 0.15) is 0 Å². The van der Waals surface area contributed by atoms with Crippen molar-refractivity contribution in [3.8, 4) is 0 Å². The molecule has 5 nitrogen and oxygen atoms in total. The normalized spacial score (nSPS) is 10.5.